The minimum Gasteiger partial charge on any atom is -0.393 e. The molecule has 5 nitrogen and oxygen atoms in total. The molecule has 0 aliphatic heterocycles. The molecule has 5 rings (SSSR count). The Kier molecular flexibility index (Phi) is 5.09. The lowest BCUT2D eigenvalue weighted by Gasteiger charge is -2.57. The van der Waals surface area contributed by atoms with Gasteiger partial charge in [-0.1, -0.05) is 43.7 Å². The van der Waals surface area contributed by atoms with Crippen LogP contribution in [0.3, 0.4) is 0 Å². The van der Waals surface area contributed by atoms with E-state index in [2.05, 4.69) is 29.9 Å². The van der Waals surface area contributed by atoms with E-state index >= 15 is 0 Å². The van der Waals surface area contributed by atoms with Gasteiger partial charge in [-0.2, -0.15) is 13.5 Å². The first-order valence-corrected chi connectivity index (χ1v) is 13.2. The minimum absolute atomic E-state index is 0.0315. The maximum atomic E-state index is 12.7. The van der Waals surface area contributed by atoms with E-state index in [4.69, 9.17) is 0 Å². The highest BCUT2D eigenvalue weighted by Gasteiger charge is 2.57. The SMILES string of the molecule is C[C@]12CC[C@H](O)CC1=CCC1C2CC[C@]2(C)/C(=N/NS(=O)(=O)c3ccccc3)CCC12. The lowest BCUT2D eigenvalue weighted by molar-refractivity contribution is -0.0209. The molecule has 3 fully saturated rings. The number of hydrazone groups is 1. The van der Waals surface area contributed by atoms with E-state index in [1.165, 1.54) is 5.57 Å². The molecule has 1 aromatic carbocycles. The molecule has 6 heteroatoms. The molecule has 0 spiro atoms. The summed E-state index contributed by atoms with van der Waals surface area (Å²) < 4.78 is 25.3. The van der Waals surface area contributed by atoms with Crippen LogP contribution in [0.2, 0.25) is 0 Å². The van der Waals surface area contributed by atoms with Crippen LogP contribution >= 0.6 is 0 Å². The van der Waals surface area contributed by atoms with Crippen molar-refractivity contribution in [2.75, 3.05) is 0 Å². The number of nitrogens with zero attached hydrogens (tertiary/aromatic N) is 1. The van der Waals surface area contributed by atoms with Gasteiger partial charge in [0.15, 0.2) is 0 Å². The van der Waals surface area contributed by atoms with Gasteiger partial charge < -0.3 is 5.11 Å². The third-order valence-corrected chi connectivity index (χ3v) is 10.4. The summed E-state index contributed by atoms with van der Waals surface area (Å²) in [6, 6.07) is 8.46. The summed E-state index contributed by atoms with van der Waals surface area (Å²) in [6.07, 6.45) is 10.4. The van der Waals surface area contributed by atoms with Gasteiger partial charge in [0.05, 0.1) is 11.0 Å². The summed E-state index contributed by atoms with van der Waals surface area (Å²) >= 11 is 0. The van der Waals surface area contributed by atoms with Crippen LogP contribution in [0.25, 0.3) is 0 Å². The number of benzene rings is 1. The van der Waals surface area contributed by atoms with Crippen molar-refractivity contribution in [3.8, 4) is 0 Å². The first kappa shape index (κ1) is 21.2. The number of sulfonamides is 1. The van der Waals surface area contributed by atoms with Crippen LogP contribution in [-0.2, 0) is 10.0 Å². The van der Waals surface area contributed by atoms with Crippen LogP contribution < -0.4 is 4.83 Å². The fraction of sp³-hybridized carbons (Fsp3) is 0.640. The van der Waals surface area contributed by atoms with Gasteiger partial charge in [0.25, 0.3) is 10.0 Å². The van der Waals surface area contributed by atoms with Gasteiger partial charge >= 0.3 is 0 Å². The second-order valence-corrected chi connectivity index (χ2v) is 12.3. The van der Waals surface area contributed by atoms with Crippen molar-refractivity contribution in [3.63, 3.8) is 0 Å². The molecule has 0 heterocycles. The van der Waals surface area contributed by atoms with Crippen LogP contribution in [0, 0.1) is 28.6 Å². The molecule has 6 atom stereocenters. The summed E-state index contributed by atoms with van der Waals surface area (Å²) in [6.45, 7) is 4.74. The van der Waals surface area contributed by atoms with E-state index in [1.54, 1.807) is 24.3 Å². The maximum absolute atomic E-state index is 12.7. The summed E-state index contributed by atoms with van der Waals surface area (Å²) in [5.41, 5.74) is 2.70. The topological polar surface area (TPSA) is 78.8 Å². The quantitative estimate of drug-likeness (QED) is 0.528. The van der Waals surface area contributed by atoms with Gasteiger partial charge in [0, 0.05) is 11.1 Å². The first-order chi connectivity index (χ1) is 14.7. The zero-order chi connectivity index (χ0) is 21.9. The number of fused-ring (bicyclic) bond motifs is 5. The Balaban J connectivity index is 1.39. The molecule has 0 amide bonds. The second kappa shape index (κ2) is 7.45. The molecule has 4 aliphatic carbocycles. The number of hydrogen-bond acceptors (Lipinski definition) is 4. The van der Waals surface area contributed by atoms with E-state index in [-0.39, 0.29) is 21.8 Å². The highest BCUT2D eigenvalue weighted by Crippen LogP contribution is 2.64. The minimum atomic E-state index is -3.64. The summed E-state index contributed by atoms with van der Waals surface area (Å²) in [4.78, 5) is 2.78. The van der Waals surface area contributed by atoms with Gasteiger partial charge in [-0.25, -0.2) is 4.83 Å². The van der Waals surface area contributed by atoms with Gasteiger partial charge in [0.2, 0.25) is 0 Å². The Morgan fingerprint density at radius 1 is 1.03 bits per heavy atom. The van der Waals surface area contributed by atoms with Gasteiger partial charge in [-0.05, 0) is 86.7 Å². The summed E-state index contributed by atoms with van der Waals surface area (Å²) in [7, 11) is -3.64. The number of allylic oxidation sites excluding steroid dienone is 1. The molecule has 31 heavy (non-hydrogen) atoms. The van der Waals surface area contributed by atoms with Gasteiger partial charge in [0.1, 0.15) is 0 Å². The smallest absolute Gasteiger partial charge is 0.276 e. The van der Waals surface area contributed by atoms with Crippen molar-refractivity contribution in [1.82, 2.24) is 4.83 Å². The van der Waals surface area contributed by atoms with Gasteiger partial charge in [-0.15, -0.1) is 0 Å². The van der Waals surface area contributed by atoms with E-state index in [0.717, 1.165) is 57.1 Å². The van der Waals surface area contributed by atoms with Crippen molar-refractivity contribution in [2.45, 2.75) is 76.2 Å². The molecule has 0 aromatic heterocycles. The Morgan fingerprint density at radius 2 is 1.74 bits per heavy atom. The molecule has 0 saturated heterocycles. The van der Waals surface area contributed by atoms with Crippen molar-refractivity contribution in [3.05, 3.63) is 42.0 Å². The second-order valence-electron chi connectivity index (χ2n) is 10.6. The molecular weight excluding hydrogens is 408 g/mol. The normalized spacial score (nSPS) is 41.1. The van der Waals surface area contributed by atoms with Crippen LogP contribution in [0.15, 0.2) is 52.0 Å². The van der Waals surface area contributed by atoms with Crippen LogP contribution in [0.5, 0.6) is 0 Å². The van der Waals surface area contributed by atoms with Gasteiger partial charge in [-0.3, -0.25) is 0 Å². The van der Waals surface area contributed by atoms with E-state index in [0.29, 0.717) is 17.8 Å². The molecule has 1 aromatic rings. The van der Waals surface area contributed by atoms with Crippen LogP contribution in [-0.4, -0.2) is 25.3 Å². The molecule has 2 N–H and O–H groups in total. The average Bonchev–Trinajstić information content (AvgIpc) is 3.10. The predicted molar refractivity (Wildman–Crippen MR) is 122 cm³/mol. The Morgan fingerprint density at radius 3 is 2.52 bits per heavy atom. The third-order valence-electron chi connectivity index (χ3n) is 9.17. The number of hydrogen-bond donors (Lipinski definition) is 2. The largest absolute Gasteiger partial charge is 0.393 e. The highest BCUT2D eigenvalue weighted by molar-refractivity contribution is 7.89. The van der Waals surface area contributed by atoms with Crippen molar-refractivity contribution >= 4 is 15.7 Å². The zero-order valence-electron chi connectivity index (χ0n) is 18.5. The Hall–Kier alpha value is -1.66. The van der Waals surface area contributed by atoms with Crippen LogP contribution in [0.1, 0.15) is 65.2 Å². The first-order valence-electron chi connectivity index (χ1n) is 11.8. The van der Waals surface area contributed by atoms with Crippen LogP contribution in [0.4, 0.5) is 0 Å². The molecule has 0 radical (unpaired) electrons. The van der Waals surface area contributed by atoms with Crippen molar-refractivity contribution in [2.24, 2.45) is 33.7 Å². The number of rotatable bonds is 3. The Bertz CT molecular complexity index is 1020. The molecule has 4 aliphatic rings. The lowest BCUT2D eigenvalue weighted by Crippen LogP contribution is -2.50. The molecule has 168 valence electrons. The van der Waals surface area contributed by atoms with Crippen molar-refractivity contribution < 1.29 is 13.5 Å². The molecule has 0 bridgehead atoms. The zero-order valence-corrected chi connectivity index (χ0v) is 19.4. The fourth-order valence-corrected chi connectivity index (χ4v) is 8.23. The highest BCUT2D eigenvalue weighted by atomic mass is 32.2. The summed E-state index contributed by atoms with van der Waals surface area (Å²) in [5.74, 6) is 1.84. The predicted octanol–water partition coefficient (Wildman–Crippen LogP) is 4.64. The fourth-order valence-electron chi connectivity index (χ4n) is 7.38. The Labute approximate surface area is 186 Å². The van der Waals surface area contributed by atoms with E-state index in [9.17, 15) is 13.5 Å². The third kappa shape index (κ3) is 3.37. The summed E-state index contributed by atoms with van der Waals surface area (Å²) in [5, 5.41) is 14.7. The van der Waals surface area contributed by atoms with Crippen molar-refractivity contribution in [1.29, 1.82) is 0 Å². The molecule has 3 saturated carbocycles. The molecule has 3 unspecified atom stereocenters. The lowest BCUT2D eigenvalue weighted by atomic mass is 9.48. The number of nitrogens with one attached hydrogen (secondary N) is 1. The maximum Gasteiger partial charge on any atom is 0.276 e. The van der Waals surface area contributed by atoms with E-state index in [1.807, 2.05) is 6.07 Å². The average molecular weight is 443 g/mol. The number of aliphatic hydroxyl groups excluding tert-OH is 1. The number of aliphatic hydroxyl groups is 1. The molecular formula is C25H34N2O3S. The van der Waals surface area contributed by atoms with E-state index < -0.39 is 10.0 Å². The monoisotopic (exact) mass is 442 g/mol. The standard InChI is InChI=1S/C25H34N2O3S/c1-24-14-12-18(28)16-17(24)8-9-20-21-10-11-23(25(21,2)15-13-22(20)24)26-27-31(29,30)19-6-4-3-5-7-19/h3-8,18,20-22,27-28H,9-16H2,1-2H3/b26-23+/t18-,20?,21?,22?,24-,25-/m0/s1.